The van der Waals surface area contributed by atoms with Crippen LogP contribution >= 0.6 is 0 Å². The fraction of sp³-hybridized carbons (Fsp3) is 0.368. The normalized spacial score (nSPS) is 16.1. The number of hydrogen-bond acceptors (Lipinski definition) is 4. The van der Waals surface area contributed by atoms with E-state index in [2.05, 4.69) is 10.3 Å². The molecule has 1 aliphatic rings. The quantitative estimate of drug-likeness (QED) is 0.868. The van der Waals surface area contributed by atoms with Crippen LogP contribution in [0.4, 0.5) is 14.6 Å². The number of nitrogens with one attached hydrogen (secondary N) is 1. The van der Waals surface area contributed by atoms with E-state index in [9.17, 15) is 13.6 Å². The van der Waals surface area contributed by atoms with Gasteiger partial charge in [-0.2, -0.15) is 0 Å². The molecule has 138 valence electrons. The van der Waals surface area contributed by atoms with Crippen LogP contribution in [-0.4, -0.2) is 24.1 Å². The molecule has 1 aromatic heterocycles. The molecule has 0 aliphatic carbocycles. The third kappa shape index (κ3) is 4.54. The standard InChI is InChI=1S/C19H20F2N2O3/c1-12(13-6-8-25-9-7-13)19(24)23-18-5-3-15(11-22-18)26-17-4-2-14(20)10-16(17)21/h2-5,10-13H,6-9H2,1H3,(H,22,23,24). The molecular formula is C19H20F2N2O3. The summed E-state index contributed by atoms with van der Waals surface area (Å²) in [4.78, 5) is 16.5. The van der Waals surface area contributed by atoms with Gasteiger partial charge >= 0.3 is 0 Å². The Morgan fingerprint density at radius 1 is 1.27 bits per heavy atom. The van der Waals surface area contributed by atoms with Crippen molar-refractivity contribution in [3.05, 3.63) is 48.2 Å². The molecule has 1 amide bonds. The Hall–Kier alpha value is -2.54. The highest BCUT2D eigenvalue weighted by Crippen LogP contribution is 2.26. The second-order valence-electron chi connectivity index (χ2n) is 6.28. The van der Waals surface area contributed by atoms with E-state index in [1.165, 1.54) is 12.3 Å². The third-order valence-electron chi connectivity index (χ3n) is 4.50. The summed E-state index contributed by atoms with van der Waals surface area (Å²) in [5.41, 5.74) is 0. The molecule has 2 heterocycles. The molecule has 1 aromatic carbocycles. The first-order chi connectivity index (χ1) is 12.5. The van der Waals surface area contributed by atoms with Gasteiger partial charge in [-0.05, 0) is 43.0 Å². The lowest BCUT2D eigenvalue weighted by Gasteiger charge is -2.26. The first-order valence-electron chi connectivity index (χ1n) is 8.50. The fourth-order valence-corrected chi connectivity index (χ4v) is 2.87. The lowest BCUT2D eigenvalue weighted by molar-refractivity contribution is -0.122. The largest absolute Gasteiger partial charge is 0.453 e. The number of pyridine rings is 1. The van der Waals surface area contributed by atoms with E-state index < -0.39 is 11.6 Å². The SMILES string of the molecule is CC(C(=O)Nc1ccc(Oc2ccc(F)cc2F)cn1)C1CCOCC1. The van der Waals surface area contributed by atoms with Crippen molar-refractivity contribution in [3.63, 3.8) is 0 Å². The first-order valence-corrected chi connectivity index (χ1v) is 8.50. The number of carbonyl (C=O) groups is 1. The van der Waals surface area contributed by atoms with E-state index in [1.54, 1.807) is 12.1 Å². The van der Waals surface area contributed by atoms with E-state index in [-0.39, 0.29) is 23.3 Å². The first kappa shape index (κ1) is 18.3. The second kappa shape index (κ2) is 8.23. The molecule has 0 bridgehead atoms. The van der Waals surface area contributed by atoms with Crippen LogP contribution in [-0.2, 0) is 9.53 Å². The number of rotatable bonds is 5. The second-order valence-corrected chi connectivity index (χ2v) is 6.28. The van der Waals surface area contributed by atoms with Crippen molar-refractivity contribution in [2.45, 2.75) is 19.8 Å². The predicted octanol–water partition coefficient (Wildman–Crippen LogP) is 4.15. The molecule has 0 saturated carbocycles. The minimum atomic E-state index is -0.798. The van der Waals surface area contributed by atoms with Crippen LogP contribution in [0.3, 0.4) is 0 Å². The molecule has 1 unspecified atom stereocenters. The van der Waals surface area contributed by atoms with Crippen LogP contribution in [0.5, 0.6) is 11.5 Å². The maximum absolute atomic E-state index is 13.6. The van der Waals surface area contributed by atoms with Gasteiger partial charge in [0.25, 0.3) is 0 Å². The minimum absolute atomic E-state index is 0.0948. The molecule has 1 atom stereocenters. The van der Waals surface area contributed by atoms with Crippen LogP contribution in [0, 0.1) is 23.5 Å². The number of amides is 1. The molecule has 3 rings (SSSR count). The third-order valence-corrected chi connectivity index (χ3v) is 4.50. The topological polar surface area (TPSA) is 60.5 Å². The lowest BCUT2D eigenvalue weighted by atomic mass is 9.87. The number of aromatic nitrogens is 1. The summed E-state index contributed by atoms with van der Waals surface area (Å²) in [5.74, 6) is -0.831. The van der Waals surface area contributed by atoms with Crippen LogP contribution in [0.15, 0.2) is 36.5 Å². The molecule has 0 radical (unpaired) electrons. The molecule has 2 aromatic rings. The van der Waals surface area contributed by atoms with Gasteiger partial charge in [0.05, 0.1) is 6.20 Å². The molecule has 26 heavy (non-hydrogen) atoms. The van der Waals surface area contributed by atoms with Gasteiger partial charge in [0, 0.05) is 25.2 Å². The Morgan fingerprint density at radius 2 is 2.04 bits per heavy atom. The zero-order valence-corrected chi connectivity index (χ0v) is 14.4. The summed E-state index contributed by atoms with van der Waals surface area (Å²) in [7, 11) is 0. The zero-order valence-electron chi connectivity index (χ0n) is 14.4. The van der Waals surface area contributed by atoms with Gasteiger partial charge in [-0.15, -0.1) is 0 Å². The van der Waals surface area contributed by atoms with Crippen molar-refractivity contribution >= 4 is 11.7 Å². The summed E-state index contributed by atoms with van der Waals surface area (Å²) < 4.78 is 37.2. The Bertz CT molecular complexity index is 762. The van der Waals surface area contributed by atoms with Crippen LogP contribution < -0.4 is 10.1 Å². The smallest absolute Gasteiger partial charge is 0.228 e. The minimum Gasteiger partial charge on any atom is -0.453 e. The number of benzene rings is 1. The van der Waals surface area contributed by atoms with E-state index in [4.69, 9.17) is 9.47 Å². The van der Waals surface area contributed by atoms with Gasteiger partial charge in [-0.1, -0.05) is 6.92 Å². The van der Waals surface area contributed by atoms with Gasteiger partial charge in [-0.3, -0.25) is 4.79 Å². The molecule has 1 aliphatic heterocycles. The summed E-state index contributed by atoms with van der Waals surface area (Å²) in [5, 5.41) is 2.78. The number of ether oxygens (including phenoxy) is 2. The van der Waals surface area contributed by atoms with Crippen molar-refractivity contribution in [2.24, 2.45) is 11.8 Å². The van der Waals surface area contributed by atoms with Gasteiger partial charge in [0.1, 0.15) is 17.4 Å². The Morgan fingerprint density at radius 3 is 2.69 bits per heavy atom. The number of anilines is 1. The van der Waals surface area contributed by atoms with Crippen molar-refractivity contribution in [2.75, 3.05) is 18.5 Å². The van der Waals surface area contributed by atoms with Gasteiger partial charge in [-0.25, -0.2) is 13.8 Å². The Labute approximate surface area is 150 Å². The molecule has 7 heteroatoms. The van der Waals surface area contributed by atoms with E-state index in [1.807, 2.05) is 6.92 Å². The van der Waals surface area contributed by atoms with E-state index in [0.29, 0.717) is 24.9 Å². The highest BCUT2D eigenvalue weighted by atomic mass is 19.1. The summed E-state index contributed by atoms with van der Waals surface area (Å²) in [6, 6.07) is 6.19. The lowest BCUT2D eigenvalue weighted by Crippen LogP contribution is -2.31. The zero-order chi connectivity index (χ0) is 18.5. The molecule has 1 saturated heterocycles. The molecule has 0 spiro atoms. The number of hydrogen-bond donors (Lipinski definition) is 1. The van der Waals surface area contributed by atoms with Crippen molar-refractivity contribution in [1.82, 2.24) is 4.98 Å². The molecule has 1 fully saturated rings. The predicted molar refractivity (Wildman–Crippen MR) is 92.0 cm³/mol. The fourth-order valence-electron chi connectivity index (χ4n) is 2.87. The number of carbonyl (C=O) groups excluding carboxylic acids is 1. The maximum Gasteiger partial charge on any atom is 0.228 e. The number of nitrogens with zero attached hydrogens (tertiary/aromatic N) is 1. The summed E-state index contributed by atoms with van der Waals surface area (Å²) in [6.45, 7) is 3.28. The van der Waals surface area contributed by atoms with E-state index in [0.717, 1.165) is 25.0 Å². The monoisotopic (exact) mass is 362 g/mol. The van der Waals surface area contributed by atoms with Gasteiger partial charge in [0.15, 0.2) is 11.6 Å². The summed E-state index contributed by atoms with van der Waals surface area (Å²) >= 11 is 0. The Kier molecular flexibility index (Phi) is 5.78. The summed E-state index contributed by atoms with van der Waals surface area (Å²) in [6.07, 6.45) is 3.12. The highest BCUT2D eigenvalue weighted by molar-refractivity contribution is 5.91. The average Bonchev–Trinajstić information content (AvgIpc) is 2.65. The maximum atomic E-state index is 13.6. The number of halogens is 2. The highest BCUT2D eigenvalue weighted by Gasteiger charge is 2.26. The molecule has 1 N–H and O–H groups in total. The molecule has 5 nitrogen and oxygen atoms in total. The Balaban J connectivity index is 1.59. The average molecular weight is 362 g/mol. The van der Waals surface area contributed by atoms with Gasteiger partial charge in [0.2, 0.25) is 5.91 Å². The van der Waals surface area contributed by atoms with Gasteiger partial charge < -0.3 is 14.8 Å². The van der Waals surface area contributed by atoms with Crippen LogP contribution in [0.1, 0.15) is 19.8 Å². The van der Waals surface area contributed by atoms with Crippen molar-refractivity contribution < 1.29 is 23.0 Å². The van der Waals surface area contributed by atoms with Crippen molar-refractivity contribution in [1.29, 1.82) is 0 Å². The van der Waals surface area contributed by atoms with E-state index >= 15 is 0 Å². The van der Waals surface area contributed by atoms with Crippen molar-refractivity contribution in [3.8, 4) is 11.5 Å². The van der Waals surface area contributed by atoms with Crippen LogP contribution in [0.25, 0.3) is 0 Å². The van der Waals surface area contributed by atoms with Crippen LogP contribution in [0.2, 0.25) is 0 Å². The molecular weight excluding hydrogens is 342 g/mol.